The van der Waals surface area contributed by atoms with Gasteiger partial charge in [0.25, 0.3) is 0 Å². The molecule has 0 saturated heterocycles. The first kappa shape index (κ1) is 18.9. The van der Waals surface area contributed by atoms with Crippen molar-refractivity contribution in [3.63, 3.8) is 0 Å². The lowest BCUT2D eigenvalue weighted by Gasteiger charge is -2.01. The van der Waals surface area contributed by atoms with Crippen LogP contribution >= 0.6 is 12.0 Å². The van der Waals surface area contributed by atoms with Crippen LogP contribution in [0.4, 0.5) is 0 Å². The Bertz CT molecular complexity index is 334. The van der Waals surface area contributed by atoms with Crippen molar-refractivity contribution < 1.29 is 4.18 Å². The predicted molar refractivity (Wildman–Crippen MR) is 83.6 cm³/mol. The summed E-state index contributed by atoms with van der Waals surface area (Å²) in [7, 11) is 0. The van der Waals surface area contributed by atoms with Gasteiger partial charge in [0, 0.05) is 17.2 Å². The van der Waals surface area contributed by atoms with Crippen molar-refractivity contribution in [2.24, 2.45) is 0 Å². The summed E-state index contributed by atoms with van der Waals surface area (Å²) in [4.78, 5) is 4.91. The average Bonchev–Trinajstić information content (AvgIpc) is 2.49. The van der Waals surface area contributed by atoms with Gasteiger partial charge in [-0.15, -0.1) is 0 Å². The van der Waals surface area contributed by atoms with Crippen LogP contribution in [0, 0.1) is 0 Å². The van der Waals surface area contributed by atoms with Gasteiger partial charge in [-0.1, -0.05) is 59.1 Å². The highest BCUT2D eigenvalue weighted by Crippen LogP contribution is 2.20. The summed E-state index contributed by atoms with van der Waals surface area (Å²) < 4.78 is 5.33. The van der Waals surface area contributed by atoms with Gasteiger partial charge in [0.1, 0.15) is 0 Å². The summed E-state index contributed by atoms with van der Waals surface area (Å²) in [5.74, 6) is 0.578. The first-order chi connectivity index (χ1) is 8.86. The van der Waals surface area contributed by atoms with Crippen LogP contribution in [0.1, 0.15) is 27.7 Å². The van der Waals surface area contributed by atoms with Crippen LogP contribution in [-0.4, -0.2) is 4.98 Å². The fraction of sp³-hybridized carbons (Fsp3) is 0.267. The summed E-state index contributed by atoms with van der Waals surface area (Å²) in [6.45, 7) is 15.2. The smallest absolute Gasteiger partial charge is 0.228 e. The van der Waals surface area contributed by atoms with Gasteiger partial charge in [-0.2, -0.15) is 0 Å². The largest absolute Gasteiger partial charge is 0.401 e. The second kappa shape index (κ2) is 15.5. The zero-order valence-corrected chi connectivity index (χ0v) is 12.5. The molecule has 1 aromatic rings. The SMILES string of the molecule is C=C/C=C(\C=C)SOc1ccccn1.CC.CC. The maximum Gasteiger partial charge on any atom is 0.228 e. The van der Waals surface area contributed by atoms with Crippen molar-refractivity contribution in [2.75, 3.05) is 0 Å². The molecule has 2 nitrogen and oxygen atoms in total. The summed E-state index contributed by atoms with van der Waals surface area (Å²) >= 11 is 1.21. The van der Waals surface area contributed by atoms with Crippen LogP contribution in [0.25, 0.3) is 0 Å². The van der Waals surface area contributed by atoms with E-state index in [2.05, 4.69) is 18.1 Å². The highest BCUT2D eigenvalue weighted by Gasteiger charge is 1.96. The molecular weight excluding hydrogens is 242 g/mol. The van der Waals surface area contributed by atoms with Crippen LogP contribution in [-0.2, 0) is 0 Å². The molecule has 0 aliphatic rings. The van der Waals surface area contributed by atoms with Gasteiger partial charge in [-0.05, 0) is 12.1 Å². The zero-order chi connectivity index (χ0) is 14.2. The van der Waals surface area contributed by atoms with Crippen molar-refractivity contribution in [2.45, 2.75) is 27.7 Å². The Morgan fingerprint density at radius 3 is 2.33 bits per heavy atom. The van der Waals surface area contributed by atoms with Crippen molar-refractivity contribution in [1.82, 2.24) is 4.98 Å². The normalized spacial score (nSPS) is 9.00. The van der Waals surface area contributed by atoms with Gasteiger partial charge < -0.3 is 4.18 Å². The van der Waals surface area contributed by atoms with Gasteiger partial charge in [0.2, 0.25) is 5.88 Å². The minimum Gasteiger partial charge on any atom is -0.401 e. The van der Waals surface area contributed by atoms with E-state index in [1.165, 1.54) is 12.0 Å². The first-order valence-corrected chi connectivity index (χ1v) is 6.81. The fourth-order valence-corrected chi connectivity index (χ4v) is 1.23. The number of allylic oxidation sites excluding steroid dienone is 3. The minimum absolute atomic E-state index is 0.578. The molecular formula is C15H23NOS. The Hall–Kier alpha value is -1.48. The molecule has 0 spiro atoms. The van der Waals surface area contributed by atoms with Crippen molar-refractivity contribution in [1.29, 1.82) is 0 Å². The van der Waals surface area contributed by atoms with E-state index in [9.17, 15) is 0 Å². The summed E-state index contributed by atoms with van der Waals surface area (Å²) in [6, 6.07) is 5.50. The first-order valence-electron chi connectivity index (χ1n) is 6.07. The summed E-state index contributed by atoms with van der Waals surface area (Å²) in [5.41, 5.74) is 0. The zero-order valence-electron chi connectivity index (χ0n) is 11.7. The molecule has 0 aliphatic carbocycles. The quantitative estimate of drug-likeness (QED) is 0.524. The van der Waals surface area contributed by atoms with Crippen LogP contribution in [0.2, 0.25) is 0 Å². The molecule has 3 heteroatoms. The molecule has 0 unspecified atom stereocenters. The molecule has 0 saturated carbocycles. The average molecular weight is 265 g/mol. The van der Waals surface area contributed by atoms with Crippen LogP contribution in [0.3, 0.4) is 0 Å². The molecule has 1 aromatic heterocycles. The Labute approximate surface area is 116 Å². The second-order valence-corrected chi connectivity index (χ2v) is 3.15. The van der Waals surface area contributed by atoms with E-state index in [0.29, 0.717) is 5.88 Å². The highest BCUT2D eigenvalue weighted by molar-refractivity contribution is 7.99. The number of rotatable bonds is 5. The Morgan fingerprint density at radius 1 is 1.22 bits per heavy atom. The summed E-state index contributed by atoms with van der Waals surface area (Å²) in [6.07, 6.45) is 6.89. The molecule has 0 N–H and O–H groups in total. The van der Waals surface area contributed by atoms with E-state index in [4.69, 9.17) is 4.18 Å². The lowest BCUT2D eigenvalue weighted by atomic mass is 10.5. The van der Waals surface area contributed by atoms with Crippen LogP contribution in [0.15, 0.2) is 60.7 Å². The molecule has 0 bridgehead atoms. The number of nitrogens with zero attached hydrogens (tertiary/aromatic N) is 1. The number of aromatic nitrogens is 1. The van der Waals surface area contributed by atoms with E-state index < -0.39 is 0 Å². The van der Waals surface area contributed by atoms with Gasteiger partial charge in [-0.25, -0.2) is 4.98 Å². The third kappa shape index (κ3) is 9.73. The number of hydrogen-bond donors (Lipinski definition) is 0. The molecule has 1 heterocycles. The van der Waals surface area contributed by atoms with Crippen molar-refractivity contribution >= 4 is 12.0 Å². The van der Waals surface area contributed by atoms with Gasteiger partial charge in [0.05, 0.1) is 12.0 Å². The maximum absolute atomic E-state index is 5.33. The Morgan fingerprint density at radius 2 is 1.89 bits per heavy atom. The van der Waals surface area contributed by atoms with Crippen molar-refractivity contribution in [3.8, 4) is 5.88 Å². The molecule has 0 amide bonds. The summed E-state index contributed by atoms with van der Waals surface area (Å²) in [5, 5.41) is 0. The molecule has 0 aromatic carbocycles. The molecule has 0 aliphatic heterocycles. The minimum atomic E-state index is 0.578. The maximum atomic E-state index is 5.33. The second-order valence-electron chi connectivity index (χ2n) is 2.34. The van der Waals surface area contributed by atoms with E-state index in [0.717, 1.165) is 4.91 Å². The lowest BCUT2D eigenvalue weighted by Crippen LogP contribution is -1.84. The van der Waals surface area contributed by atoms with Crippen molar-refractivity contribution in [3.05, 3.63) is 60.7 Å². The predicted octanol–water partition coefficient (Wildman–Crippen LogP) is 5.42. The molecule has 0 radical (unpaired) electrons. The molecule has 18 heavy (non-hydrogen) atoms. The Kier molecular flexibility index (Phi) is 16.3. The van der Waals surface area contributed by atoms with Crippen LogP contribution in [0.5, 0.6) is 5.88 Å². The van der Waals surface area contributed by atoms with E-state index in [1.54, 1.807) is 24.4 Å². The molecule has 0 atom stereocenters. The van der Waals surface area contributed by atoms with Gasteiger partial charge in [0.15, 0.2) is 0 Å². The molecule has 0 fully saturated rings. The third-order valence-corrected chi connectivity index (χ3v) is 2.09. The van der Waals surface area contributed by atoms with Gasteiger partial charge >= 0.3 is 0 Å². The molecule has 1 rings (SSSR count). The third-order valence-electron chi connectivity index (χ3n) is 1.34. The van der Waals surface area contributed by atoms with Crippen LogP contribution < -0.4 is 4.18 Å². The molecule has 100 valence electrons. The van der Waals surface area contributed by atoms with E-state index >= 15 is 0 Å². The Balaban J connectivity index is 0. The number of hydrogen-bond acceptors (Lipinski definition) is 3. The highest BCUT2D eigenvalue weighted by atomic mass is 32.2. The van der Waals surface area contributed by atoms with E-state index in [1.807, 2.05) is 45.9 Å². The topological polar surface area (TPSA) is 22.1 Å². The lowest BCUT2D eigenvalue weighted by molar-refractivity contribution is 0.620. The fourth-order valence-electron chi connectivity index (χ4n) is 0.733. The van der Waals surface area contributed by atoms with Gasteiger partial charge in [-0.3, -0.25) is 0 Å². The monoisotopic (exact) mass is 265 g/mol. The standard InChI is InChI=1S/C11H11NOS.2C2H6/c1-3-7-10(4-2)14-13-11-8-5-6-9-12-11;2*1-2/h3-9H,1-2H2;2*1-2H3/b10-7+;;. The number of pyridine rings is 1. The van der Waals surface area contributed by atoms with E-state index in [-0.39, 0.29) is 0 Å².